The molecule has 0 bridgehead atoms. The van der Waals surface area contributed by atoms with Gasteiger partial charge in [0, 0.05) is 0 Å². The second-order valence-corrected chi connectivity index (χ2v) is 3.25. The fourth-order valence-electron chi connectivity index (χ4n) is 1.24. The smallest absolute Gasteiger partial charge is 0.461 e. The van der Waals surface area contributed by atoms with Crippen molar-refractivity contribution in [1.29, 1.82) is 0 Å². The van der Waals surface area contributed by atoms with E-state index in [-0.39, 0.29) is 12.7 Å². The first kappa shape index (κ1) is 15.5. The Bertz CT molecular complexity index is 594. The van der Waals surface area contributed by atoms with Gasteiger partial charge in [-0.3, -0.25) is 14.9 Å². The number of nitrogens with one attached hydrogen (secondary N) is 1. The van der Waals surface area contributed by atoms with Gasteiger partial charge in [0.25, 0.3) is 5.43 Å². The number of aromatic nitrogens is 1. The molecule has 11 heteroatoms. The van der Waals surface area contributed by atoms with Gasteiger partial charge in [-0.05, 0) is 6.92 Å². The van der Waals surface area contributed by atoms with Gasteiger partial charge in [-0.2, -0.15) is 0 Å². The lowest BCUT2D eigenvalue weighted by Gasteiger charge is -2.09. The van der Waals surface area contributed by atoms with Gasteiger partial charge < -0.3 is 14.5 Å². The summed E-state index contributed by atoms with van der Waals surface area (Å²) in [7, 11) is 0. The minimum absolute atomic E-state index is 0.192. The average molecular weight is 296 g/mol. The zero-order valence-electron chi connectivity index (χ0n) is 9.82. The van der Waals surface area contributed by atoms with Gasteiger partial charge in [-0.15, -0.1) is 13.2 Å². The number of esters is 1. The van der Waals surface area contributed by atoms with Crippen LogP contribution in [0, 0.1) is 10.1 Å². The van der Waals surface area contributed by atoms with Crippen molar-refractivity contribution in [2.45, 2.75) is 13.3 Å². The van der Waals surface area contributed by atoms with E-state index in [0.717, 1.165) is 0 Å². The molecule has 0 radical (unpaired) electrons. The maximum Gasteiger partial charge on any atom is 0.574 e. The van der Waals surface area contributed by atoms with E-state index in [0.29, 0.717) is 0 Å². The lowest BCUT2D eigenvalue weighted by Crippen LogP contribution is -2.23. The number of nitrogens with zero attached hydrogens (tertiary/aromatic N) is 1. The topological polar surface area (TPSA) is 112 Å². The third-order valence-corrected chi connectivity index (χ3v) is 1.87. The minimum atomic E-state index is -5.13. The van der Waals surface area contributed by atoms with Crippen molar-refractivity contribution in [3.63, 3.8) is 0 Å². The van der Waals surface area contributed by atoms with Gasteiger partial charge in [-0.1, -0.05) is 0 Å². The highest BCUT2D eigenvalue weighted by Gasteiger charge is 2.34. The van der Waals surface area contributed by atoms with Crippen LogP contribution in [0.3, 0.4) is 0 Å². The summed E-state index contributed by atoms with van der Waals surface area (Å²) >= 11 is 0. The maximum atomic E-state index is 12.0. The predicted molar refractivity (Wildman–Crippen MR) is 56.4 cm³/mol. The van der Waals surface area contributed by atoms with Crippen LogP contribution < -0.4 is 10.2 Å². The van der Waals surface area contributed by atoms with E-state index in [4.69, 9.17) is 0 Å². The first-order chi connectivity index (χ1) is 9.15. The Morgan fingerprint density at radius 2 is 2.10 bits per heavy atom. The Morgan fingerprint density at radius 1 is 1.50 bits per heavy atom. The number of rotatable bonds is 4. The number of H-pyrrole nitrogens is 1. The number of alkyl halides is 3. The van der Waals surface area contributed by atoms with Crippen LogP contribution in [0.25, 0.3) is 0 Å². The van der Waals surface area contributed by atoms with E-state index < -0.39 is 39.9 Å². The first-order valence-corrected chi connectivity index (χ1v) is 5.00. The molecule has 0 spiro atoms. The average Bonchev–Trinajstić information content (AvgIpc) is 2.25. The Balaban J connectivity index is 3.40. The van der Waals surface area contributed by atoms with Crippen molar-refractivity contribution >= 4 is 11.7 Å². The normalized spacial score (nSPS) is 11.0. The summed E-state index contributed by atoms with van der Waals surface area (Å²) < 4.78 is 43.9. The van der Waals surface area contributed by atoms with Crippen molar-refractivity contribution in [3.05, 3.63) is 32.1 Å². The molecule has 1 heterocycles. The molecule has 0 fully saturated rings. The van der Waals surface area contributed by atoms with Gasteiger partial charge in [0.15, 0.2) is 0 Å². The fourth-order valence-corrected chi connectivity index (χ4v) is 1.24. The van der Waals surface area contributed by atoms with Gasteiger partial charge in [0.2, 0.25) is 11.6 Å². The van der Waals surface area contributed by atoms with Crippen molar-refractivity contribution < 1.29 is 32.4 Å². The minimum Gasteiger partial charge on any atom is -0.461 e. The van der Waals surface area contributed by atoms with Crippen molar-refractivity contribution in [2.75, 3.05) is 6.61 Å². The summed E-state index contributed by atoms with van der Waals surface area (Å²) in [6.45, 7) is 1.18. The van der Waals surface area contributed by atoms with Crippen molar-refractivity contribution in [2.24, 2.45) is 0 Å². The number of ether oxygens (including phenoxy) is 2. The predicted octanol–water partition coefficient (Wildman–Crippen LogP) is 1.36. The molecule has 0 amide bonds. The van der Waals surface area contributed by atoms with Crippen molar-refractivity contribution in [1.82, 2.24) is 4.98 Å². The van der Waals surface area contributed by atoms with Crippen molar-refractivity contribution in [3.8, 4) is 5.88 Å². The van der Waals surface area contributed by atoms with E-state index in [9.17, 15) is 32.9 Å². The third-order valence-electron chi connectivity index (χ3n) is 1.87. The van der Waals surface area contributed by atoms with Crippen LogP contribution >= 0.6 is 0 Å². The second-order valence-electron chi connectivity index (χ2n) is 3.25. The molecular formula is C9H7F3N2O6. The largest absolute Gasteiger partial charge is 0.574 e. The summed E-state index contributed by atoms with van der Waals surface area (Å²) in [5.41, 5.74) is -3.67. The lowest BCUT2D eigenvalue weighted by atomic mass is 10.3. The highest BCUT2D eigenvalue weighted by Crippen LogP contribution is 2.22. The Labute approximate surface area is 108 Å². The number of carbonyl (C=O) groups is 1. The van der Waals surface area contributed by atoms with Crippen LogP contribution in [0.2, 0.25) is 0 Å². The Kier molecular flexibility index (Phi) is 4.32. The summed E-state index contributed by atoms with van der Waals surface area (Å²) in [6.07, 6.45) is -5.13. The van der Waals surface area contributed by atoms with Crippen LogP contribution in [-0.2, 0) is 4.74 Å². The van der Waals surface area contributed by atoms with E-state index in [1.165, 1.54) is 6.92 Å². The van der Waals surface area contributed by atoms with Crippen LogP contribution in [0.5, 0.6) is 5.88 Å². The van der Waals surface area contributed by atoms with E-state index in [1.54, 1.807) is 4.98 Å². The van der Waals surface area contributed by atoms with Gasteiger partial charge >= 0.3 is 18.0 Å². The van der Waals surface area contributed by atoms with Gasteiger partial charge in [-0.25, -0.2) is 4.79 Å². The number of aromatic amines is 1. The molecule has 1 aromatic rings. The highest BCUT2D eigenvalue weighted by atomic mass is 19.4. The molecule has 0 aliphatic rings. The molecule has 0 atom stereocenters. The summed E-state index contributed by atoms with van der Waals surface area (Å²) in [5.74, 6) is -2.50. The van der Waals surface area contributed by atoms with E-state index in [2.05, 4.69) is 9.47 Å². The molecule has 0 unspecified atom stereocenters. The molecule has 110 valence electrons. The van der Waals surface area contributed by atoms with E-state index in [1.807, 2.05) is 0 Å². The zero-order valence-corrected chi connectivity index (χ0v) is 9.82. The summed E-state index contributed by atoms with van der Waals surface area (Å²) in [6, 6.07) is 0.217. The molecular weight excluding hydrogens is 289 g/mol. The van der Waals surface area contributed by atoms with E-state index >= 15 is 0 Å². The number of carbonyl (C=O) groups excluding carboxylic acids is 1. The highest BCUT2D eigenvalue weighted by molar-refractivity contribution is 5.91. The molecule has 0 aliphatic heterocycles. The standard InChI is InChI=1S/C9H7F3N2O6/c1-2-19-8(16)6-7(14(17)18)4(15)3-5(13-6)20-9(10,11)12/h3H,2H2,1H3,(H,13,15). The third kappa shape index (κ3) is 3.70. The number of halogens is 3. The molecule has 0 saturated carbocycles. The maximum absolute atomic E-state index is 12.0. The van der Waals surface area contributed by atoms with Crippen LogP contribution in [0.15, 0.2) is 10.9 Å². The lowest BCUT2D eigenvalue weighted by molar-refractivity contribution is -0.386. The SMILES string of the molecule is CCOC(=O)c1[nH]c(OC(F)(F)F)cc(=O)c1[N+](=O)[O-]. The molecule has 1 N–H and O–H groups in total. The second kappa shape index (κ2) is 5.59. The molecule has 8 nitrogen and oxygen atoms in total. The molecule has 1 rings (SSSR count). The zero-order chi connectivity index (χ0) is 15.5. The fraction of sp³-hybridized carbons (Fsp3) is 0.333. The number of hydrogen-bond acceptors (Lipinski definition) is 6. The number of nitro groups is 1. The number of hydrogen-bond donors (Lipinski definition) is 1. The molecule has 1 aromatic heterocycles. The van der Waals surface area contributed by atoms with Crippen LogP contribution in [0.4, 0.5) is 18.9 Å². The summed E-state index contributed by atoms with van der Waals surface area (Å²) in [5, 5.41) is 10.7. The summed E-state index contributed by atoms with van der Waals surface area (Å²) in [4.78, 5) is 34.0. The monoisotopic (exact) mass is 296 g/mol. The number of pyridine rings is 1. The molecule has 0 aliphatic carbocycles. The van der Waals surface area contributed by atoms with Crippen LogP contribution in [0.1, 0.15) is 17.4 Å². The Morgan fingerprint density at radius 3 is 2.55 bits per heavy atom. The molecule has 20 heavy (non-hydrogen) atoms. The van der Waals surface area contributed by atoms with Gasteiger partial charge in [0.1, 0.15) is 0 Å². The van der Waals surface area contributed by atoms with Gasteiger partial charge in [0.05, 0.1) is 17.6 Å². The molecule has 0 saturated heterocycles. The molecule has 0 aromatic carbocycles. The quantitative estimate of drug-likeness (QED) is 0.510. The first-order valence-electron chi connectivity index (χ1n) is 5.00. The van der Waals surface area contributed by atoms with Crippen LogP contribution in [-0.4, -0.2) is 28.8 Å². The Hall–Kier alpha value is -2.59.